The Kier molecular flexibility index (Phi) is 10.6. The van der Waals surface area contributed by atoms with Crippen LogP contribution in [0.15, 0.2) is 74.7 Å². The minimum absolute atomic E-state index is 0.105. The maximum absolute atomic E-state index is 14.9. The third-order valence-electron chi connectivity index (χ3n) is 8.30. The monoisotopic (exact) mass is 703 g/mol. The van der Waals surface area contributed by atoms with Gasteiger partial charge in [-0.2, -0.15) is 13.2 Å². The van der Waals surface area contributed by atoms with Gasteiger partial charge in [0.05, 0.1) is 25.7 Å². The summed E-state index contributed by atoms with van der Waals surface area (Å²) in [5.41, 5.74) is -1.88. The van der Waals surface area contributed by atoms with Crippen molar-refractivity contribution in [1.82, 2.24) is 19.4 Å². The summed E-state index contributed by atoms with van der Waals surface area (Å²) in [7, 11) is 0. The van der Waals surface area contributed by atoms with Gasteiger partial charge in [-0.05, 0) is 57.5 Å². The van der Waals surface area contributed by atoms with Crippen molar-refractivity contribution in [3.8, 4) is 0 Å². The summed E-state index contributed by atoms with van der Waals surface area (Å²) in [6, 6.07) is 13.2. The number of nitrogens with one attached hydrogen (secondary N) is 1. The lowest BCUT2D eigenvalue weighted by atomic mass is 10.1. The van der Waals surface area contributed by atoms with E-state index in [9.17, 15) is 36.3 Å². The number of amides is 1. The van der Waals surface area contributed by atoms with Gasteiger partial charge in [0.25, 0.3) is 5.56 Å². The van der Waals surface area contributed by atoms with E-state index in [1.54, 1.807) is 56.0 Å². The summed E-state index contributed by atoms with van der Waals surface area (Å²) >= 11 is 0. The number of furan rings is 1. The number of aromatic nitrogens is 2. The van der Waals surface area contributed by atoms with Crippen LogP contribution in [0, 0.1) is 18.6 Å². The van der Waals surface area contributed by atoms with E-state index in [1.807, 2.05) is 4.90 Å². The van der Waals surface area contributed by atoms with E-state index in [2.05, 4.69) is 5.32 Å². The zero-order chi connectivity index (χ0) is 36.4. The van der Waals surface area contributed by atoms with Crippen molar-refractivity contribution in [2.24, 2.45) is 0 Å². The van der Waals surface area contributed by atoms with Gasteiger partial charge >= 0.3 is 18.0 Å². The molecule has 3 heterocycles. The second kappa shape index (κ2) is 14.5. The molecule has 2 aromatic heterocycles. The number of ether oxygens (including phenoxy) is 1. The number of nitrogens with zero attached hydrogens (tertiary/aromatic N) is 4. The number of halogens is 5. The molecule has 268 valence electrons. The van der Waals surface area contributed by atoms with Gasteiger partial charge < -0.3 is 19.4 Å². The molecule has 1 saturated heterocycles. The van der Waals surface area contributed by atoms with Crippen LogP contribution in [0.2, 0.25) is 0 Å². The highest BCUT2D eigenvalue weighted by molar-refractivity contribution is 5.68. The first-order valence-corrected chi connectivity index (χ1v) is 16.0. The molecule has 1 aliphatic heterocycles. The fraction of sp³-hybridized carbons (Fsp3) is 0.400. The number of carbonyl (C=O) groups is 1. The lowest BCUT2D eigenvalue weighted by molar-refractivity contribution is -0.153. The fourth-order valence-corrected chi connectivity index (χ4v) is 5.86. The first-order valence-electron chi connectivity index (χ1n) is 16.0. The van der Waals surface area contributed by atoms with Crippen LogP contribution in [0.4, 0.5) is 32.4 Å². The predicted octanol–water partition coefficient (Wildman–Crippen LogP) is 5.84. The van der Waals surface area contributed by atoms with Crippen LogP contribution in [0.25, 0.3) is 0 Å². The number of rotatable bonds is 9. The molecule has 1 atom stereocenters. The van der Waals surface area contributed by atoms with E-state index in [0.29, 0.717) is 18.7 Å². The topological polar surface area (TPSA) is 102 Å². The number of benzene rings is 2. The summed E-state index contributed by atoms with van der Waals surface area (Å²) in [6.45, 7) is 6.97. The Morgan fingerprint density at radius 3 is 2.10 bits per heavy atom. The SMILES string of the molecule is Cc1c(N2CCN(Cc3ccc(C(F)(F)F)o3)CC2)c(=O)n(C[C@H](NC(=O)OC(C)(C)C)c2ccccc2)c(=O)n1Cc1c(F)cccc1F. The van der Waals surface area contributed by atoms with Crippen LogP contribution in [0.5, 0.6) is 0 Å². The van der Waals surface area contributed by atoms with Gasteiger partial charge in [0.2, 0.25) is 5.76 Å². The zero-order valence-electron chi connectivity index (χ0n) is 28.0. The lowest BCUT2D eigenvalue weighted by Crippen LogP contribution is -2.51. The predicted molar refractivity (Wildman–Crippen MR) is 175 cm³/mol. The maximum atomic E-state index is 14.9. The fourth-order valence-electron chi connectivity index (χ4n) is 5.86. The van der Waals surface area contributed by atoms with Gasteiger partial charge in [0, 0.05) is 37.4 Å². The number of alkyl carbamates (subject to hydrolysis) is 1. The number of piperazine rings is 1. The second-order valence-corrected chi connectivity index (χ2v) is 13.1. The number of anilines is 1. The van der Waals surface area contributed by atoms with Crippen molar-refractivity contribution in [2.45, 2.75) is 65.1 Å². The molecule has 0 aliphatic carbocycles. The summed E-state index contributed by atoms with van der Waals surface area (Å²) in [5.74, 6) is -2.70. The number of hydrogen-bond acceptors (Lipinski definition) is 7. The molecule has 0 spiro atoms. The third-order valence-corrected chi connectivity index (χ3v) is 8.30. The van der Waals surface area contributed by atoms with Gasteiger partial charge in [-0.3, -0.25) is 18.8 Å². The highest BCUT2D eigenvalue weighted by Gasteiger charge is 2.35. The molecule has 50 heavy (non-hydrogen) atoms. The van der Waals surface area contributed by atoms with E-state index in [4.69, 9.17) is 9.15 Å². The maximum Gasteiger partial charge on any atom is 0.449 e. The molecule has 0 radical (unpaired) electrons. The Balaban J connectivity index is 1.51. The Morgan fingerprint density at radius 2 is 1.52 bits per heavy atom. The first kappa shape index (κ1) is 36.4. The van der Waals surface area contributed by atoms with Crippen LogP contribution >= 0.6 is 0 Å². The Bertz CT molecular complexity index is 1920. The minimum Gasteiger partial charge on any atom is -0.455 e. The summed E-state index contributed by atoms with van der Waals surface area (Å²) < 4.78 is 81.3. The highest BCUT2D eigenvalue weighted by Crippen LogP contribution is 2.31. The minimum atomic E-state index is -4.61. The molecule has 1 N–H and O–H groups in total. The van der Waals surface area contributed by atoms with E-state index in [1.165, 1.54) is 19.1 Å². The molecule has 15 heteroatoms. The quantitative estimate of drug-likeness (QED) is 0.219. The molecule has 1 fully saturated rings. The second-order valence-electron chi connectivity index (χ2n) is 13.1. The number of alkyl halides is 3. The number of hydrogen-bond donors (Lipinski definition) is 1. The van der Waals surface area contributed by atoms with Crippen LogP contribution in [-0.4, -0.2) is 51.9 Å². The standard InChI is InChI=1S/C35H38F5N5O5/c1-22-30(43-17-15-42(16-18-43)19-24-13-14-29(49-24)35(38,39)40)31(46)45(33(48)44(22)20-25-26(36)11-8-12-27(25)37)21-28(23-9-6-5-7-10-23)41-32(47)50-34(2,3)4/h5-14,28H,15-21H2,1-4H3,(H,41,47)/t28-/m0/s1. The Labute approximate surface area is 284 Å². The average molecular weight is 704 g/mol. The Morgan fingerprint density at radius 1 is 0.880 bits per heavy atom. The molecule has 4 aromatic rings. The van der Waals surface area contributed by atoms with Crippen LogP contribution in [-0.2, 0) is 30.5 Å². The van der Waals surface area contributed by atoms with E-state index in [0.717, 1.165) is 27.3 Å². The van der Waals surface area contributed by atoms with Gasteiger partial charge in [-0.1, -0.05) is 36.4 Å². The molecule has 1 amide bonds. The smallest absolute Gasteiger partial charge is 0.449 e. The average Bonchev–Trinajstić information content (AvgIpc) is 3.52. The van der Waals surface area contributed by atoms with Crippen molar-refractivity contribution in [1.29, 1.82) is 0 Å². The van der Waals surface area contributed by atoms with Crippen LogP contribution < -0.4 is 21.5 Å². The highest BCUT2D eigenvalue weighted by atomic mass is 19.4. The van der Waals surface area contributed by atoms with Crippen molar-refractivity contribution in [2.75, 3.05) is 31.1 Å². The van der Waals surface area contributed by atoms with Crippen molar-refractivity contribution in [3.05, 3.63) is 121 Å². The summed E-state index contributed by atoms with van der Waals surface area (Å²) in [4.78, 5) is 44.9. The Hall–Kier alpha value is -4.92. The summed E-state index contributed by atoms with van der Waals surface area (Å²) in [6.07, 6.45) is -5.39. The molecular weight excluding hydrogens is 665 g/mol. The van der Waals surface area contributed by atoms with Crippen LogP contribution in [0.1, 0.15) is 55.2 Å². The summed E-state index contributed by atoms with van der Waals surface area (Å²) in [5, 5.41) is 2.75. The van der Waals surface area contributed by atoms with Gasteiger partial charge in [-0.15, -0.1) is 0 Å². The van der Waals surface area contributed by atoms with E-state index in [-0.39, 0.29) is 48.9 Å². The van der Waals surface area contributed by atoms with E-state index >= 15 is 0 Å². The zero-order valence-corrected chi connectivity index (χ0v) is 28.0. The molecule has 2 aromatic carbocycles. The third kappa shape index (κ3) is 8.44. The molecule has 0 unspecified atom stereocenters. The molecular formula is C35H38F5N5O5. The molecule has 0 bridgehead atoms. The molecule has 10 nitrogen and oxygen atoms in total. The lowest BCUT2D eigenvalue weighted by Gasteiger charge is -2.36. The molecule has 0 saturated carbocycles. The van der Waals surface area contributed by atoms with Gasteiger partial charge in [0.15, 0.2) is 0 Å². The van der Waals surface area contributed by atoms with Crippen molar-refractivity contribution in [3.63, 3.8) is 0 Å². The van der Waals surface area contributed by atoms with Crippen LogP contribution in [0.3, 0.4) is 0 Å². The number of carbonyl (C=O) groups excluding carboxylic acids is 1. The molecule has 5 rings (SSSR count). The van der Waals surface area contributed by atoms with Gasteiger partial charge in [-0.25, -0.2) is 18.4 Å². The largest absolute Gasteiger partial charge is 0.455 e. The van der Waals surface area contributed by atoms with Gasteiger partial charge in [0.1, 0.15) is 28.7 Å². The van der Waals surface area contributed by atoms with Crippen molar-refractivity contribution >= 4 is 11.8 Å². The van der Waals surface area contributed by atoms with Crippen molar-refractivity contribution < 1.29 is 35.9 Å². The molecule has 1 aliphatic rings. The normalized spacial score (nSPS) is 14.9. The van der Waals surface area contributed by atoms with E-state index < -0.39 is 59.1 Å². The first-order chi connectivity index (χ1) is 23.5.